The van der Waals surface area contributed by atoms with Crippen molar-refractivity contribution in [1.82, 2.24) is 0 Å². The Morgan fingerprint density at radius 1 is 1.71 bits per heavy atom. The molecule has 0 aromatic heterocycles. The molecule has 0 aromatic carbocycles. The van der Waals surface area contributed by atoms with E-state index in [1.807, 2.05) is 0 Å². The Bertz CT molecular complexity index is 191. The quantitative estimate of drug-likeness (QED) is 0.426. The molecule has 0 bridgehead atoms. The van der Waals surface area contributed by atoms with Crippen LogP contribution in [0, 0.1) is 0 Å². The van der Waals surface area contributed by atoms with Crippen LogP contribution in [-0.4, -0.2) is 27.6 Å². The molecular weight excluding hydrogens is 119 g/mol. The maximum atomic E-state index is 10.2. The van der Waals surface area contributed by atoms with Crippen LogP contribution in [0.1, 0.15) is 5.48 Å². The van der Waals surface area contributed by atoms with Gasteiger partial charge in [0, 0.05) is 2.74 Å². The fourth-order valence-electron chi connectivity index (χ4n) is 0.0651. The number of hydrogen-bond acceptors (Lipinski definition) is 2. The average molecular weight is 130 g/mol. The van der Waals surface area contributed by atoms with Gasteiger partial charge in [-0.1, -0.05) is 0 Å². The van der Waals surface area contributed by atoms with Gasteiger partial charge in [0.2, 0.25) is 0 Å². The largest absolute Gasteiger partial charge is 0.396 e. The van der Waals surface area contributed by atoms with Crippen molar-refractivity contribution in [3.63, 3.8) is 0 Å². The van der Waals surface area contributed by atoms with Gasteiger partial charge in [0.1, 0.15) is 0 Å². The third-order valence-electron chi connectivity index (χ3n) is 0.196. The van der Waals surface area contributed by atoms with Crippen LogP contribution < -0.4 is 0 Å². The molecule has 0 aromatic rings. The lowest BCUT2D eigenvalue weighted by atomic mass is 10.9. The second-order valence-corrected chi connectivity index (χ2v) is 2.08. The maximum Gasteiger partial charge on any atom is 0.327 e. The minimum absolute atomic E-state index is 3.55. The highest BCUT2D eigenvalue weighted by atomic mass is 31.2. The Balaban J connectivity index is 4.91. The van der Waals surface area contributed by atoms with Crippen molar-refractivity contribution in [3.8, 4) is 0 Å². The molecule has 0 heterocycles. The van der Waals surface area contributed by atoms with Crippen LogP contribution in [0.15, 0.2) is 0 Å². The van der Waals surface area contributed by atoms with Crippen molar-refractivity contribution >= 4 is 7.60 Å². The minimum Gasteiger partial charge on any atom is -0.396 e. The normalized spacial score (nSPS) is 24.4. The van der Waals surface area contributed by atoms with Gasteiger partial charge in [-0.25, -0.2) is 0 Å². The summed E-state index contributed by atoms with van der Waals surface area (Å²) in [6.07, 6.45) is -3.57. The molecule has 0 aliphatic carbocycles. The van der Waals surface area contributed by atoms with Crippen LogP contribution in [0.5, 0.6) is 0 Å². The van der Waals surface area contributed by atoms with Crippen LogP contribution in [0.2, 0.25) is 0 Å². The van der Waals surface area contributed by atoms with E-state index in [2.05, 4.69) is 0 Å². The van der Waals surface area contributed by atoms with Gasteiger partial charge in [-0.2, -0.15) is 0 Å². The Hall–Kier alpha value is 0.110. The van der Waals surface area contributed by atoms with Gasteiger partial charge in [0.05, 0.1) is 15.4 Å². The SMILES string of the molecule is [2H]C([2H])(O)C([2H])([2H])P(=O)(O)O. The van der Waals surface area contributed by atoms with E-state index in [1.54, 1.807) is 0 Å². The highest BCUT2D eigenvalue weighted by Gasteiger charge is 2.09. The molecule has 4 nitrogen and oxygen atoms in total. The van der Waals surface area contributed by atoms with Crippen molar-refractivity contribution in [1.29, 1.82) is 0 Å². The summed E-state index contributed by atoms with van der Waals surface area (Å²) in [6, 6.07) is 0. The monoisotopic (exact) mass is 130 g/mol. The third-order valence-corrected chi connectivity index (χ3v) is 0.587. The first kappa shape index (κ1) is 2.60. The lowest BCUT2D eigenvalue weighted by Gasteiger charge is -1.96. The first-order valence-corrected chi connectivity index (χ1v) is 2.89. The van der Waals surface area contributed by atoms with Crippen LogP contribution >= 0.6 is 7.60 Å². The summed E-state index contributed by atoms with van der Waals surface area (Å²) >= 11 is 0. The predicted octanol–water partition coefficient (Wildman–Crippen LogP) is -0.844. The van der Waals surface area contributed by atoms with Gasteiger partial charge in [-0.3, -0.25) is 4.57 Å². The molecule has 0 saturated heterocycles. The molecule has 44 valence electrons. The molecular formula is C2H7O4P. The van der Waals surface area contributed by atoms with Crippen molar-refractivity contribution in [2.45, 2.75) is 0 Å². The number of hydrogen-bond donors (Lipinski definition) is 3. The maximum absolute atomic E-state index is 10.2. The second-order valence-electron chi connectivity index (χ2n) is 0.768. The van der Waals surface area contributed by atoms with E-state index < -0.39 is 20.3 Å². The standard InChI is InChI=1S/C2H7O4P/c3-1-2-7(4,5)6/h3H,1-2H2,(H2,4,5,6)/i1D2,2D2. The van der Waals surface area contributed by atoms with Crippen molar-refractivity contribution in [2.75, 3.05) is 12.7 Å². The fraction of sp³-hybridized carbons (Fsp3) is 1.00. The lowest BCUT2D eigenvalue weighted by Crippen LogP contribution is -1.91. The fourth-order valence-corrected chi connectivity index (χ4v) is 0.195. The Morgan fingerprint density at radius 3 is 2.14 bits per heavy atom. The molecule has 0 saturated carbocycles. The summed E-state index contributed by atoms with van der Waals surface area (Å²) in [7, 11) is -5.28. The molecule has 3 N–H and O–H groups in total. The van der Waals surface area contributed by atoms with E-state index in [0.717, 1.165) is 0 Å². The lowest BCUT2D eigenvalue weighted by molar-refractivity contribution is 0.299. The molecule has 0 spiro atoms. The molecule has 7 heavy (non-hydrogen) atoms. The van der Waals surface area contributed by atoms with Gasteiger partial charge in [-0.15, -0.1) is 0 Å². The Labute approximate surface area is 46.6 Å². The molecule has 0 radical (unpaired) electrons. The smallest absolute Gasteiger partial charge is 0.327 e. The van der Waals surface area contributed by atoms with Gasteiger partial charge < -0.3 is 14.9 Å². The highest BCUT2D eigenvalue weighted by molar-refractivity contribution is 7.51. The summed E-state index contributed by atoms with van der Waals surface area (Å²) in [5.74, 6) is 0. The zero-order valence-corrected chi connectivity index (χ0v) is 4.09. The highest BCUT2D eigenvalue weighted by Crippen LogP contribution is 2.32. The number of rotatable bonds is 2. The zero-order valence-electron chi connectivity index (χ0n) is 7.20. The van der Waals surface area contributed by atoms with E-state index >= 15 is 0 Å². The molecule has 0 fully saturated rings. The first-order chi connectivity index (χ1) is 4.50. The summed E-state index contributed by atoms with van der Waals surface area (Å²) in [6.45, 7) is -3.55. The van der Waals surface area contributed by atoms with Crippen LogP contribution in [0.4, 0.5) is 0 Å². The molecule has 0 rings (SSSR count). The molecule has 0 aliphatic rings. The van der Waals surface area contributed by atoms with E-state index in [-0.39, 0.29) is 0 Å². The van der Waals surface area contributed by atoms with Crippen molar-refractivity contribution in [2.24, 2.45) is 0 Å². The topological polar surface area (TPSA) is 77.8 Å². The Kier molecular flexibility index (Phi) is 0.900. The average Bonchev–Trinajstić information content (AvgIpc) is 1.58. The summed E-state index contributed by atoms with van der Waals surface area (Å²) in [5, 5.41) is 8.35. The Morgan fingerprint density at radius 2 is 2.14 bits per heavy atom. The van der Waals surface area contributed by atoms with Gasteiger partial charge in [-0.05, 0) is 0 Å². The minimum atomic E-state index is -5.28. The molecule has 0 atom stereocenters. The van der Waals surface area contributed by atoms with Crippen LogP contribution in [-0.2, 0) is 4.57 Å². The second kappa shape index (κ2) is 2.43. The van der Waals surface area contributed by atoms with E-state index in [0.29, 0.717) is 0 Å². The van der Waals surface area contributed by atoms with E-state index in [1.165, 1.54) is 0 Å². The molecule has 5 heteroatoms. The van der Waals surface area contributed by atoms with Crippen molar-refractivity contribution in [3.05, 3.63) is 0 Å². The van der Waals surface area contributed by atoms with Gasteiger partial charge in [0.15, 0.2) is 0 Å². The first-order valence-electron chi connectivity index (χ1n) is 3.28. The van der Waals surface area contributed by atoms with Crippen LogP contribution in [0.25, 0.3) is 0 Å². The van der Waals surface area contributed by atoms with Crippen molar-refractivity contribution < 1.29 is 24.9 Å². The molecule has 0 aliphatic heterocycles. The summed E-state index contributed by atoms with van der Waals surface area (Å²) in [4.78, 5) is 16.4. The third kappa shape index (κ3) is 6.11. The van der Waals surface area contributed by atoms with E-state index in [9.17, 15) is 4.57 Å². The summed E-state index contributed by atoms with van der Waals surface area (Å²) in [5.41, 5.74) is 0. The zero-order chi connectivity index (χ0) is 9.50. The van der Waals surface area contributed by atoms with Gasteiger partial charge in [0.25, 0.3) is 0 Å². The molecule has 0 amide bonds. The summed E-state index contributed by atoms with van der Waals surface area (Å²) < 4.78 is 35.9. The van der Waals surface area contributed by atoms with Gasteiger partial charge >= 0.3 is 7.60 Å². The number of aliphatic hydroxyl groups is 1. The van der Waals surface area contributed by atoms with Crippen LogP contribution in [0.3, 0.4) is 0 Å². The van der Waals surface area contributed by atoms with E-state index in [4.69, 9.17) is 20.4 Å². The predicted molar refractivity (Wildman–Crippen MR) is 24.0 cm³/mol. The molecule has 0 unspecified atom stereocenters.